The molecule has 8 nitrogen and oxygen atoms in total. The highest BCUT2D eigenvalue weighted by atomic mass is 32.1. The van der Waals surface area contributed by atoms with Crippen molar-refractivity contribution in [2.75, 3.05) is 5.32 Å². The van der Waals surface area contributed by atoms with Crippen LogP contribution in [0.3, 0.4) is 0 Å². The third kappa shape index (κ3) is 2.88. The SMILES string of the molecule is Cc1cc(NCc2nc(-c3cccs3)no2)ccc1-n1cnnn1. The number of nitrogens with zero attached hydrogens (tertiary/aromatic N) is 6. The second-order valence-electron chi connectivity index (χ2n) is 5.10. The molecule has 0 bridgehead atoms. The lowest BCUT2D eigenvalue weighted by atomic mass is 10.2. The van der Waals surface area contributed by atoms with Gasteiger partial charge in [0.15, 0.2) is 0 Å². The minimum Gasteiger partial charge on any atom is -0.376 e. The van der Waals surface area contributed by atoms with Crippen molar-refractivity contribution in [3.05, 3.63) is 53.5 Å². The van der Waals surface area contributed by atoms with Crippen LogP contribution in [-0.4, -0.2) is 30.3 Å². The normalized spacial score (nSPS) is 10.9. The second kappa shape index (κ2) is 6.20. The monoisotopic (exact) mass is 339 g/mol. The van der Waals surface area contributed by atoms with Gasteiger partial charge in [0.1, 0.15) is 6.33 Å². The van der Waals surface area contributed by atoms with Crippen molar-refractivity contribution in [3.63, 3.8) is 0 Å². The number of tetrazole rings is 1. The molecule has 0 fully saturated rings. The quantitative estimate of drug-likeness (QED) is 0.597. The van der Waals surface area contributed by atoms with Crippen LogP contribution in [0.25, 0.3) is 16.4 Å². The van der Waals surface area contributed by atoms with Crippen LogP contribution >= 0.6 is 11.3 Å². The molecule has 3 heterocycles. The lowest BCUT2D eigenvalue weighted by molar-refractivity contribution is 0.384. The molecular weight excluding hydrogens is 326 g/mol. The molecule has 0 atom stereocenters. The average Bonchev–Trinajstić information content (AvgIpc) is 3.33. The lowest BCUT2D eigenvalue weighted by Crippen LogP contribution is -2.02. The molecule has 0 saturated heterocycles. The Labute approximate surface area is 141 Å². The van der Waals surface area contributed by atoms with Gasteiger partial charge in [-0.25, -0.2) is 4.68 Å². The van der Waals surface area contributed by atoms with Crippen molar-refractivity contribution in [1.29, 1.82) is 0 Å². The van der Waals surface area contributed by atoms with Gasteiger partial charge in [-0.3, -0.25) is 0 Å². The number of rotatable bonds is 5. The first-order valence-corrected chi connectivity index (χ1v) is 8.12. The summed E-state index contributed by atoms with van der Waals surface area (Å²) >= 11 is 1.58. The summed E-state index contributed by atoms with van der Waals surface area (Å²) in [7, 11) is 0. The fourth-order valence-electron chi connectivity index (χ4n) is 2.30. The summed E-state index contributed by atoms with van der Waals surface area (Å²) in [5, 5.41) is 20.5. The Bertz CT molecular complexity index is 931. The maximum absolute atomic E-state index is 5.28. The predicted octanol–water partition coefficient (Wildman–Crippen LogP) is 2.69. The highest BCUT2D eigenvalue weighted by Gasteiger charge is 2.09. The van der Waals surface area contributed by atoms with Gasteiger partial charge in [-0.15, -0.1) is 16.4 Å². The maximum Gasteiger partial charge on any atom is 0.246 e. The summed E-state index contributed by atoms with van der Waals surface area (Å²) < 4.78 is 6.90. The molecular formula is C15H13N7OS. The number of thiophene rings is 1. The van der Waals surface area contributed by atoms with Crippen molar-refractivity contribution < 1.29 is 4.52 Å². The van der Waals surface area contributed by atoms with Crippen molar-refractivity contribution in [2.24, 2.45) is 0 Å². The molecule has 0 aliphatic heterocycles. The Morgan fingerprint density at radius 3 is 3.00 bits per heavy atom. The van der Waals surface area contributed by atoms with Crippen LogP contribution in [0.4, 0.5) is 5.69 Å². The summed E-state index contributed by atoms with van der Waals surface area (Å²) in [6.07, 6.45) is 1.57. The van der Waals surface area contributed by atoms with Gasteiger partial charge in [-0.05, 0) is 52.6 Å². The van der Waals surface area contributed by atoms with Gasteiger partial charge in [0.2, 0.25) is 11.7 Å². The molecule has 120 valence electrons. The first-order chi connectivity index (χ1) is 11.8. The molecule has 24 heavy (non-hydrogen) atoms. The lowest BCUT2D eigenvalue weighted by Gasteiger charge is -2.08. The summed E-state index contributed by atoms with van der Waals surface area (Å²) in [4.78, 5) is 5.38. The van der Waals surface area contributed by atoms with E-state index in [4.69, 9.17) is 4.52 Å². The van der Waals surface area contributed by atoms with E-state index in [-0.39, 0.29) is 0 Å². The standard InChI is InChI=1S/C15H13N7OS/c1-10-7-11(4-5-12(10)22-9-17-20-21-22)16-8-14-18-15(19-23-14)13-3-2-6-24-13/h2-7,9,16H,8H2,1H3. The van der Waals surface area contributed by atoms with Crippen molar-refractivity contribution in [2.45, 2.75) is 13.5 Å². The van der Waals surface area contributed by atoms with Gasteiger partial charge >= 0.3 is 0 Å². The van der Waals surface area contributed by atoms with Gasteiger partial charge in [-0.2, -0.15) is 4.98 Å². The minimum absolute atomic E-state index is 0.460. The zero-order chi connectivity index (χ0) is 16.4. The molecule has 1 aromatic carbocycles. The van der Waals surface area contributed by atoms with E-state index < -0.39 is 0 Å². The molecule has 1 N–H and O–H groups in total. The van der Waals surface area contributed by atoms with E-state index in [9.17, 15) is 0 Å². The number of nitrogens with one attached hydrogen (secondary N) is 1. The van der Waals surface area contributed by atoms with Crippen LogP contribution in [0.1, 0.15) is 11.5 Å². The largest absolute Gasteiger partial charge is 0.376 e. The Balaban J connectivity index is 1.45. The van der Waals surface area contributed by atoms with Gasteiger partial charge < -0.3 is 9.84 Å². The maximum atomic E-state index is 5.28. The average molecular weight is 339 g/mol. The summed E-state index contributed by atoms with van der Waals surface area (Å²) in [5.41, 5.74) is 2.95. The van der Waals surface area contributed by atoms with Crippen molar-refractivity contribution in [3.8, 4) is 16.4 Å². The van der Waals surface area contributed by atoms with Crippen molar-refractivity contribution in [1.82, 2.24) is 30.3 Å². The number of benzene rings is 1. The Kier molecular flexibility index (Phi) is 3.75. The summed E-state index contributed by atoms with van der Waals surface area (Å²) in [5.74, 6) is 1.16. The van der Waals surface area contributed by atoms with E-state index in [2.05, 4.69) is 31.0 Å². The number of aromatic nitrogens is 6. The molecule has 0 spiro atoms. The molecule has 0 saturated carbocycles. The van der Waals surface area contributed by atoms with Gasteiger partial charge in [0.05, 0.1) is 17.1 Å². The summed E-state index contributed by atoms with van der Waals surface area (Å²) in [6, 6.07) is 9.87. The zero-order valence-electron chi connectivity index (χ0n) is 12.7. The molecule has 0 aliphatic rings. The van der Waals surface area contributed by atoms with Crippen LogP contribution in [0.2, 0.25) is 0 Å². The smallest absolute Gasteiger partial charge is 0.246 e. The number of hydrogen-bond donors (Lipinski definition) is 1. The Hall–Kier alpha value is -3.07. The molecule has 0 unspecified atom stereocenters. The van der Waals surface area contributed by atoms with Crippen LogP contribution < -0.4 is 5.32 Å². The molecule has 9 heteroatoms. The van der Waals surface area contributed by atoms with E-state index in [0.29, 0.717) is 18.3 Å². The molecule has 0 radical (unpaired) electrons. The Morgan fingerprint density at radius 2 is 2.25 bits per heavy atom. The third-order valence-corrected chi connectivity index (χ3v) is 4.31. The van der Waals surface area contributed by atoms with Crippen LogP contribution in [0.15, 0.2) is 46.6 Å². The van der Waals surface area contributed by atoms with E-state index >= 15 is 0 Å². The van der Waals surface area contributed by atoms with E-state index in [1.165, 1.54) is 0 Å². The zero-order valence-corrected chi connectivity index (χ0v) is 13.6. The second-order valence-corrected chi connectivity index (χ2v) is 6.05. The van der Waals surface area contributed by atoms with E-state index in [1.54, 1.807) is 22.3 Å². The molecule has 3 aromatic heterocycles. The number of aryl methyl sites for hydroxylation is 1. The summed E-state index contributed by atoms with van der Waals surface area (Å²) in [6.45, 7) is 2.46. The van der Waals surface area contributed by atoms with E-state index in [1.807, 2.05) is 42.6 Å². The number of anilines is 1. The minimum atomic E-state index is 0.460. The fraction of sp³-hybridized carbons (Fsp3) is 0.133. The van der Waals surface area contributed by atoms with Crippen LogP contribution in [0.5, 0.6) is 0 Å². The first kappa shape index (κ1) is 14.5. The molecule has 0 amide bonds. The van der Waals surface area contributed by atoms with Crippen LogP contribution in [-0.2, 0) is 6.54 Å². The fourth-order valence-corrected chi connectivity index (χ4v) is 2.95. The van der Waals surface area contributed by atoms with Crippen molar-refractivity contribution >= 4 is 17.0 Å². The highest BCUT2D eigenvalue weighted by Crippen LogP contribution is 2.22. The highest BCUT2D eigenvalue weighted by molar-refractivity contribution is 7.13. The molecule has 4 rings (SSSR count). The third-order valence-electron chi connectivity index (χ3n) is 3.45. The van der Waals surface area contributed by atoms with E-state index in [0.717, 1.165) is 21.8 Å². The van der Waals surface area contributed by atoms with Crippen LogP contribution in [0, 0.1) is 6.92 Å². The van der Waals surface area contributed by atoms with Gasteiger partial charge in [0, 0.05) is 5.69 Å². The first-order valence-electron chi connectivity index (χ1n) is 7.24. The van der Waals surface area contributed by atoms with Gasteiger partial charge in [-0.1, -0.05) is 11.2 Å². The molecule has 0 aliphatic carbocycles. The topological polar surface area (TPSA) is 94.6 Å². The predicted molar refractivity (Wildman–Crippen MR) is 88.8 cm³/mol. The number of hydrogen-bond acceptors (Lipinski definition) is 8. The Morgan fingerprint density at radius 1 is 1.29 bits per heavy atom. The molecule has 4 aromatic rings. The van der Waals surface area contributed by atoms with Gasteiger partial charge in [0.25, 0.3) is 0 Å².